The Balaban J connectivity index is 1.63. The number of likely N-dealkylation sites (tertiary alicyclic amines) is 1. The Hall–Kier alpha value is -0.120. The molecular weight excluding hydrogens is 200 g/mol. The molecule has 0 aromatic heterocycles. The summed E-state index contributed by atoms with van der Waals surface area (Å²) in [6.07, 6.45) is 6.19. The van der Waals surface area contributed by atoms with Crippen molar-refractivity contribution >= 4 is 0 Å². The Kier molecular flexibility index (Phi) is 4.62. The lowest BCUT2D eigenvalue weighted by Crippen LogP contribution is -2.44. The summed E-state index contributed by atoms with van der Waals surface area (Å²) in [5.74, 6) is 0.523. The molecule has 94 valence electrons. The third-order valence-electron chi connectivity index (χ3n) is 4.34. The van der Waals surface area contributed by atoms with E-state index in [2.05, 4.69) is 17.1 Å². The molecule has 1 saturated heterocycles. The van der Waals surface area contributed by atoms with Crippen molar-refractivity contribution in [1.82, 2.24) is 10.2 Å². The molecule has 3 nitrogen and oxygen atoms in total. The van der Waals surface area contributed by atoms with Crippen molar-refractivity contribution in [3.63, 3.8) is 0 Å². The molecule has 0 bridgehead atoms. The van der Waals surface area contributed by atoms with Gasteiger partial charge in [0.05, 0.1) is 6.10 Å². The van der Waals surface area contributed by atoms with E-state index in [1.807, 2.05) is 0 Å². The highest BCUT2D eigenvalue weighted by molar-refractivity contribution is 4.82. The van der Waals surface area contributed by atoms with Gasteiger partial charge in [0.1, 0.15) is 0 Å². The molecule has 2 aliphatic rings. The minimum atomic E-state index is -0.125. The fourth-order valence-corrected chi connectivity index (χ4v) is 2.72. The smallest absolute Gasteiger partial charge is 0.0693 e. The first-order valence-electron chi connectivity index (χ1n) is 6.93. The standard InChI is InChI=1S/C13H26N2O/c1-2-15-8-6-11(7-9-15)13(16)10-14-12-4-3-5-12/h11-14,16H,2-10H2,1H3. The SMILES string of the molecule is CCN1CCC(C(O)CNC2CCC2)CC1. The van der Waals surface area contributed by atoms with Gasteiger partial charge in [0.25, 0.3) is 0 Å². The first kappa shape index (κ1) is 12.3. The van der Waals surface area contributed by atoms with Crippen LogP contribution in [-0.4, -0.2) is 48.3 Å². The van der Waals surface area contributed by atoms with Gasteiger partial charge >= 0.3 is 0 Å². The number of piperidine rings is 1. The molecule has 0 spiro atoms. The molecule has 0 amide bonds. The molecule has 0 aromatic rings. The molecule has 1 aliphatic carbocycles. The molecule has 0 radical (unpaired) electrons. The second-order valence-electron chi connectivity index (χ2n) is 5.38. The second-order valence-corrected chi connectivity index (χ2v) is 5.38. The van der Waals surface area contributed by atoms with Crippen LogP contribution in [0.15, 0.2) is 0 Å². The van der Waals surface area contributed by atoms with Crippen LogP contribution in [0.3, 0.4) is 0 Å². The monoisotopic (exact) mass is 226 g/mol. The summed E-state index contributed by atoms with van der Waals surface area (Å²) < 4.78 is 0. The number of rotatable bonds is 5. The predicted octanol–water partition coefficient (Wildman–Crippen LogP) is 1.22. The molecular formula is C13H26N2O. The molecule has 2 rings (SSSR count). The first-order valence-corrected chi connectivity index (χ1v) is 6.93. The van der Waals surface area contributed by atoms with Crippen molar-refractivity contribution in [1.29, 1.82) is 0 Å². The van der Waals surface area contributed by atoms with E-state index in [0.29, 0.717) is 12.0 Å². The van der Waals surface area contributed by atoms with Gasteiger partial charge in [-0.2, -0.15) is 0 Å². The maximum atomic E-state index is 10.1. The average molecular weight is 226 g/mol. The lowest BCUT2D eigenvalue weighted by atomic mass is 9.89. The topological polar surface area (TPSA) is 35.5 Å². The van der Waals surface area contributed by atoms with Gasteiger partial charge < -0.3 is 15.3 Å². The minimum Gasteiger partial charge on any atom is -0.392 e. The van der Waals surface area contributed by atoms with Crippen LogP contribution in [0.25, 0.3) is 0 Å². The molecule has 1 atom stereocenters. The van der Waals surface area contributed by atoms with Crippen LogP contribution < -0.4 is 5.32 Å². The summed E-state index contributed by atoms with van der Waals surface area (Å²) in [7, 11) is 0. The summed E-state index contributed by atoms with van der Waals surface area (Å²) in [4.78, 5) is 2.47. The number of nitrogens with zero attached hydrogens (tertiary/aromatic N) is 1. The number of hydrogen-bond donors (Lipinski definition) is 2. The van der Waals surface area contributed by atoms with Crippen molar-refractivity contribution in [2.45, 2.75) is 51.2 Å². The van der Waals surface area contributed by atoms with Gasteiger partial charge in [-0.25, -0.2) is 0 Å². The molecule has 16 heavy (non-hydrogen) atoms. The number of aliphatic hydroxyl groups is 1. The molecule has 0 aromatic carbocycles. The lowest BCUT2D eigenvalue weighted by molar-refractivity contribution is 0.0565. The summed E-state index contributed by atoms with van der Waals surface area (Å²) in [5, 5.41) is 13.6. The van der Waals surface area contributed by atoms with Gasteiger partial charge in [-0.05, 0) is 51.2 Å². The van der Waals surface area contributed by atoms with Crippen LogP contribution in [0.2, 0.25) is 0 Å². The average Bonchev–Trinajstić information content (AvgIpc) is 2.27. The highest BCUT2D eigenvalue weighted by Gasteiger charge is 2.25. The normalized spacial score (nSPS) is 26.6. The summed E-state index contributed by atoms with van der Waals surface area (Å²) in [6, 6.07) is 0.699. The van der Waals surface area contributed by atoms with Gasteiger partial charge in [0.2, 0.25) is 0 Å². The van der Waals surface area contributed by atoms with E-state index in [0.717, 1.165) is 13.1 Å². The zero-order valence-electron chi connectivity index (χ0n) is 10.5. The van der Waals surface area contributed by atoms with Crippen LogP contribution in [0.1, 0.15) is 39.0 Å². The maximum Gasteiger partial charge on any atom is 0.0693 e. The molecule has 2 N–H and O–H groups in total. The Morgan fingerprint density at radius 2 is 1.94 bits per heavy atom. The Bertz CT molecular complexity index is 198. The summed E-state index contributed by atoms with van der Waals surface area (Å²) >= 11 is 0. The number of hydrogen-bond acceptors (Lipinski definition) is 3. The fraction of sp³-hybridized carbons (Fsp3) is 1.00. The largest absolute Gasteiger partial charge is 0.392 e. The Morgan fingerprint density at radius 3 is 2.44 bits per heavy atom. The van der Waals surface area contributed by atoms with Gasteiger partial charge in [0, 0.05) is 12.6 Å². The lowest BCUT2D eigenvalue weighted by Gasteiger charge is -2.35. The maximum absolute atomic E-state index is 10.1. The Labute approximate surface area is 99.2 Å². The fourth-order valence-electron chi connectivity index (χ4n) is 2.72. The van der Waals surface area contributed by atoms with Crippen molar-refractivity contribution in [3.8, 4) is 0 Å². The molecule has 1 heterocycles. The quantitative estimate of drug-likeness (QED) is 0.740. The van der Waals surface area contributed by atoms with E-state index < -0.39 is 0 Å². The molecule has 1 aliphatic heterocycles. The van der Waals surface area contributed by atoms with Crippen LogP contribution in [0.4, 0.5) is 0 Å². The third kappa shape index (κ3) is 3.19. The minimum absolute atomic E-state index is 0.125. The molecule has 2 fully saturated rings. The molecule has 1 unspecified atom stereocenters. The van der Waals surface area contributed by atoms with Crippen LogP contribution >= 0.6 is 0 Å². The van der Waals surface area contributed by atoms with Crippen molar-refractivity contribution in [3.05, 3.63) is 0 Å². The van der Waals surface area contributed by atoms with Crippen molar-refractivity contribution in [2.24, 2.45) is 5.92 Å². The van der Waals surface area contributed by atoms with Crippen molar-refractivity contribution < 1.29 is 5.11 Å². The summed E-state index contributed by atoms with van der Waals surface area (Å²) in [5.41, 5.74) is 0. The van der Waals surface area contributed by atoms with Crippen LogP contribution in [-0.2, 0) is 0 Å². The zero-order chi connectivity index (χ0) is 11.4. The van der Waals surface area contributed by atoms with E-state index in [1.165, 1.54) is 45.2 Å². The van der Waals surface area contributed by atoms with Gasteiger partial charge in [-0.3, -0.25) is 0 Å². The van der Waals surface area contributed by atoms with Gasteiger partial charge in [-0.15, -0.1) is 0 Å². The highest BCUT2D eigenvalue weighted by atomic mass is 16.3. The highest BCUT2D eigenvalue weighted by Crippen LogP contribution is 2.22. The van der Waals surface area contributed by atoms with Gasteiger partial charge in [-0.1, -0.05) is 13.3 Å². The molecule has 3 heteroatoms. The van der Waals surface area contributed by atoms with Gasteiger partial charge in [0.15, 0.2) is 0 Å². The van der Waals surface area contributed by atoms with E-state index in [4.69, 9.17) is 0 Å². The zero-order valence-corrected chi connectivity index (χ0v) is 10.5. The number of nitrogens with one attached hydrogen (secondary N) is 1. The van der Waals surface area contributed by atoms with Crippen LogP contribution in [0, 0.1) is 5.92 Å². The van der Waals surface area contributed by atoms with E-state index in [-0.39, 0.29) is 6.10 Å². The first-order chi connectivity index (χ1) is 7.79. The van der Waals surface area contributed by atoms with Crippen molar-refractivity contribution in [2.75, 3.05) is 26.2 Å². The van der Waals surface area contributed by atoms with E-state index >= 15 is 0 Å². The molecule has 1 saturated carbocycles. The second kappa shape index (κ2) is 5.99. The predicted molar refractivity (Wildman–Crippen MR) is 66.5 cm³/mol. The van der Waals surface area contributed by atoms with E-state index in [9.17, 15) is 5.11 Å². The number of aliphatic hydroxyl groups excluding tert-OH is 1. The van der Waals surface area contributed by atoms with Crippen LogP contribution in [0.5, 0.6) is 0 Å². The van der Waals surface area contributed by atoms with E-state index in [1.54, 1.807) is 0 Å². The Morgan fingerprint density at radius 1 is 1.25 bits per heavy atom. The summed E-state index contributed by atoms with van der Waals surface area (Å²) in [6.45, 7) is 6.52. The third-order valence-corrected chi connectivity index (χ3v) is 4.34.